The zero-order valence-electron chi connectivity index (χ0n) is 20.0. The summed E-state index contributed by atoms with van der Waals surface area (Å²) in [4.78, 5) is 38.9. The van der Waals surface area contributed by atoms with Crippen molar-refractivity contribution in [2.75, 3.05) is 46.0 Å². The van der Waals surface area contributed by atoms with Crippen LogP contribution < -0.4 is 5.73 Å². The van der Waals surface area contributed by atoms with Crippen LogP contribution in [0.1, 0.15) is 46.5 Å². The van der Waals surface area contributed by atoms with E-state index in [0.29, 0.717) is 38.5 Å². The minimum atomic E-state index is -1.30. The van der Waals surface area contributed by atoms with Gasteiger partial charge in [-0.25, -0.2) is 0 Å². The predicted molar refractivity (Wildman–Crippen MR) is 120 cm³/mol. The van der Waals surface area contributed by atoms with Gasteiger partial charge in [0.2, 0.25) is 11.8 Å². The van der Waals surface area contributed by atoms with Crippen molar-refractivity contribution in [3.05, 3.63) is 0 Å². The molecule has 0 unspecified atom stereocenters. The second-order valence-electron chi connectivity index (χ2n) is 8.93. The number of aliphatic hydroxyl groups is 2. The fraction of sp³-hybridized carbons (Fsp3) is 0.864. The smallest absolute Gasteiger partial charge is 0.321 e. The van der Waals surface area contributed by atoms with Crippen LogP contribution in [0.25, 0.3) is 0 Å². The normalized spacial score (nSPS) is 24.9. The molecule has 0 radical (unpaired) electrons. The first-order valence-electron chi connectivity index (χ1n) is 11.6. The van der Waals surface area contributed by atoms with Crippen LogP contribution in [0.5, 0.6) is 0 Å². The average Bonchev–Trinajstić information content (AvgIpc) is 2.73. The van der Waals surface area contributed by atoms with Crippen molar-refractivity contribution in [2.24, 2.45) is 11.7 Å². The molecule has 0 spiro atoms. The molecule has 11 nitrogen and oxygen atoms in total. The first kappa shape index (κ1) is 29.2. The van der Waals surface area contributed by atoms with Gasteiger partial charge >= 0.3 is 5.97 Å². The van der Waals surface area contributed by atoms with E-state index in [4.69, 9.17) is 20.3 Å². The molecule has 4 atom stereocenters. The van der Waals surface area contributed by atoms with Crippen LogP contribution in [0.4, 0.5) is 0 Å². The van der Waals surface area contributed by atoms with Gasteiger partial charge in [0.25, 0.3) is 0 Å². The lowest BCUT2D eigenvalue weighted by Crippen LogP contribution is -2.51. The van der Waals surface area contributed by atoms with Crippen molar-refractivity contribution in [3.63, 3.8) is 0 Å². The Morgan fingerprint density at radius 2 is 1.79 bits per heavy atom. The zero-order chi connectivity index (χ0) is 25.0. The maximum absolute atomic E-state index is 12.6. The number of amides is 2. The summed E-state index contributed by atoms with van der Waals surface area (Å²) in [6.45, 7) is 6.82. The lowest BCUT2D eigenvalue weighted by atomic mass is 10.1. The molecule has 33 heavy (non-hydrogen) atoms. The number of nitrogens with two attached hydrogens (primary N) is 1. The van der Waals surface area contributed by atoms with E-state index in [1.165, 1.54) is 16.7 Å². The number of aliphatic carboxylic acids is 1. The molecule has 192 valence electrons. The Labute approximate surface area is 195 Å². The number of ether oxygens (including phenoxy) is 2. The molecule has 5 N–H and O–H groups in total. The SMILES string of the molecule is CC(=O)N1CCN(C(=O)C[C@H](N)C(=O)O)CCCCOC[C@@H](O)[C@@H](O)[C@H](OCCC(C)C)C1. The molecule has 2 amide bonds. The largest absolute Gasteiger partial charge is 0.480 e. The summed E-state index contributed by atoms with van der Waals surface area (Å²) in [6.07, 6.45) is -1.65. The molecule has 1 saturated heterocycles. The molecule has 0 aromatic heterocycles. The van der Waals surface area contributed by atoms with Crippen molar-refractivity contribution < 1.29 is 39.2 Å². The summed E-state index contributed by atoms with van der Waals surface area (Å²) < 4.78 is 11.3. The molecule has 1 heterocycles. The molecular formula is C22H41N3O8. The minimum Gasteiger partial charge on any atom is -0.480 e. The summed E-state index contributed by atoms with van der Waals surface area (Å²) in [5, 5.41) is 30.1. The fourth-order valence-electron chi connectivity index (χ4n) is 3.37. The van der Waals surface area contributed by atoms with Gasteiger partial charge in [-0.05, 0) is 25.2 Å². The summed E-state index contributed by atoms with van der Waals surface area (Å²) in [5.74, 6) is -1.54. The van der Waals surface area contributed by atoms with E-state index >= 15 is 0 Å². The quantitative estimate of drug-likeness (QED) is 0.377. The lowest BCUT2D eigenvalue weighted by molar-refractivity contribution is -0.144. The van der Waals surface area contributed by atoms with Crippen LogP contribution in [0, 0.1) is 5.92 Å². The summed E-state index contributed by atoms with van der Waals surface area (Å²) >= 11 is 0. The third kappa shape index (κ3) is 11.3. The Bertz CT molecular complexity index is 618. The minimum absolute atomic E-state index is 0.0301. The van der Waals surface area contributed by atoms with Gasteiger partial charge in [-0.3, -0.25) is 14.4 Å². The number of aliphatic hydroxyl groups excluding tert-OH is 2. The number of carbonyl (C=O) groups is 3. The summed E-state index contributed by atoms with van der Waals surface area (Å²) in [5.41, 5.74) is 5.52. The highest BCUT2D eigenvalue weighted by molar-refractivity contribution is 5.84. The third-order valence-corrected chi connectivity index (χ3v) is 5.61. The number of rotatable bonds is 7. The molecule has 0 aliphatic carbocycles. The van der Waals surface area contributed by atoms with Crippen molar-refractivity contribution in [3.8, 4) is 0 Å². The predicted octanol–water partition coefficient (Wildman–Crippen LogP) is -0.571. The summed E-state index contributed by atoms with van der Waals surface area (Å²) in [7, 11) is 0. The lowest BCUT2D eigenvalue weighted by Gasteiger charge is -2.34. The second kappa shape index (κ2) is 15.2. The van der Waals surface area contributed by atoms with E-state index in [1.54, 1.807) is 0 Å². The van der Waals surface area contributed by atoms with E-state index in [0.717, 1.165) is 6.42 Å². The number of carboxylic acid groups (broad SMARTS) is 1. The number of hydrogen-bond donors (Lipinski definition) is 4. The first-order valence-corrected chi connectivity index (χ1v) is 11.6. The monoisotopic (exact) mass is 475 g/mol. The van der Waals surface area contributed by atoms with Gasteiger partial charge in [-0.2, -0.15) is 0 Å². The molecule has 0 bridgehead atoms. The van der Waals surface area contributed by atoms with Gasteiger partial charge in [0.05, 0.1) is 13.0 Å². The molecule has 0 aromatic carbocycles. The highest BCUT2D eigenvalue weighted by atomic mass is 16.5. The Kier molecular flexibility index (Phi) is 13.4. The van der Waals surface area contributed by atoms with Crippen LogP contribution in [-0.2, 0) is 23.9 Å². The Hall–Kier alpha value is -1.79. The first-order chi connectivity index (χ1) is 15.5. The number of hydrogen-bond acceptors (Lipinski definition) is 8. The van der Waals surface area contributed by atoms with Crippen molar-refractivity contribution in [1.82, 2.24) is 9.80 Å². The highest BCUT2D eigenvalue weighted by Gasteiger charge is 2.31. The standard InChI is InChI=1S/C22H41N3O8/c1-15(2)6-11-33-19-13-25(16(3)26)9-8-24(20(28)12-17(23)22(30)31)7-4-5-10-32-14-18(27)21(19)29/h15,17-19,21,27,29H,4-14,23H2,1-3H3,(H,30,31)/t17-,18+,19+,21+/m0/s1. The van der Waals surface area contributed by atoms with Gasteiger partial charge in [-0.1, -0.05) is 13.8 Å². The number of carbonyl (C=O) groups excluding carboxylic acids is 2. The summed E-state index contributed by atoms with van der Waals surface area (Å²) in [6, 6.07) is -1.30. The Morgan fingerprint density at radius 3 is 2.39 bits per heavy atom. The molecule has 1 aliphatic heterocycles. The van der Waals surface area contributed by atoms with Gasteiger partial charge in [0, 0.05) is 46.3 Å². The fourth-order valence-corrected chi connectivity index (χ4v) is 3.37. The molecule has 11 heteroatoms. The Balaban J connectivity index is 2.98. The molecule has 1 rings (SSSR count). The van der Waals surface area contributed by atoms with Crippen LogP contribution >= 0.6 is 0 Å². The van der Waals surface area contributed by atoms with E-state index in [-0.39, 0.29) is 38.6 Å². The van der Waals surface area contributed by atoms with Crippen LogP contribution in [-0.4, -0.2) is 113 Å². The third-order valence-electron chi connectivity index (χ3n) is 5.61. The van der Waals surface area contributed by atoms with E-state index in [9.17, 15) is 24.6 Å². The average molecular weight is 476 g/mol. The van der Waals surface area contributed by atoms with Gasteiger partial charge < -0.3 is 40.3 Å². The highest BCUT2D eigenvalue weighted by Crippen LogP contribution is 2.12. The molecule has 1 aliphatic rings. The van der Waals surface area contributed by atoms with Gasteiger partial charge in [0.15, 0.2) is 0 Å². The molecule has 0 saturated carbocycles. The van der Waals surface area contributed by atoms with E-state index in [2.05, 4.69) is 0 Å². The van der Waals surface area contributed by atoms with Crippen LogP contribution in [0.2, 0.25) is 0 Å². The van der Waals surface area contributed by atoms with Crippen LogP contribution in [0.15, 0.2) is 0 Å². The van der Waals surface area contributed by atoms with E-state index < -0.39 is 36.2 Å². The molecule has 0 aromatic rings. The zero-order valence-corrected chi connectivity index (χ0v) is 20.0. The Morgan fingerprint density at radius 1 is 1.12 bits per heavy atom. The van der Waals surface area contributed by atoms with Crippen molar-refractivity contribution in [2.45, 2.75) is 70.8 Å². The number of carboxylic acids is 1. The molecular weight excluding hydrogens is 434 g/mol. The van der Waals surface area contributed by atoms with Crippen molar-refractivity contribution in [1.29, 1.82) is 0 Å². The van der Waals surface area contributed by atoms with E-state index in [1.807, 2.05) is 13.8 Å². The topological polar surface area (TPSA) is 163 Å². The second-order valence-corrected chi connectivity index (χ2v) is 8.93. The molecule has 1 fully saturated rings. The van der Waals surface area contributed by atoms with Crippen LogP contribution in [0.3, 0.4) is 0 Å². The van der Waals surface area contributed by atoms with Gasteiger partial charge in [0.1, 0.15) is 24.4 Å². The number of nitrogens with zero attached hydrogens (tertiary/aromatic N) is 2. The maximum Gasteiger partial charge on any atom is 0.321 e. The maximum atomic E-state index is 12.6. The van der Waals surface area contributed by atoms with Gasteiger partial charge in [-0.15, -0.1) is 0 Å². The van der Waals surface area contributed by atoms with Crippen molar-refractivity contribution >= 4 is 17.8 Å².